The van der Waals surface area contributed by atoms with Crippen LogP contribution in [0.5, 0.6) is 0 Å². The van der Waals surface area contributed by atoms with E-state index in [1.165, 1.54) is 23.7 Å². The van der Waals surface area contributed by atoms with Crippen LogP contribution in [-0.4, -0.2) is 81.1 Å². The zero-order valence-corrected chi connectivity index (χ0v) is 25.1. The fraction of sp³-hybridized carbons (Fsp3) is 0.500. The lowest BCUT2D eigenvalue weighted by Crippen LogP contribution is -2.47. The van der Waals surface area contributed by atoms with Gasteiger partial charge in [0.2, 0.25) is 5.82 Å². The number of nitrogens with one attached hydrogen (secondary N) is 1. The van der Waals surface area contributed by atoms with Crippen molar-refractivity contribution in [2.24, 2.45) is 0 Å². The maximum atomic E-state index is 15.7. The number of carbonyl (C=O) groups is 1. The minimum atomic E-state index is -4.58. The summed E-state index contributed by atoms with van der Waals surface area (Å²) in [5.74, 6) is -1.53. The molecule has 0 bridgehead atoms. The van der Waals surface area contributed by atoms with E-state index in [9.17, 15) is 18.0 Å². The Morgan fingerprint density at radius 3 is 2.63 bits per heavy atom. The topological polar surface area (TPSA) is 97.7 Å². The molecule has 0 unspecified atom stereocenters. The molecule has 0 amide bonds. The number of hydrogen-bond acceptors (Lipinski definition) is 9. The number of hydrogen-bond donors (Lipinski definition) is 2. The second-order valence-electron chi connectivity index (χ2n) is 10.6. The van der Waals surface area contributed by atoms with Crippen molar-refractivity contribution in [3.8, 4) is 11.3 Å². The van der Waals surface area contributed by atoms with Crippen molar-refractivity contribution in [2.45, 2.75) is 51.4 Å². The summed E-state index contributed by atoms with van der Waals surface area (Å²) < 4.78 is 56.6. The number of nitrogens with zero attached hydrogens (tertiary/aromatic N) is 6. The number of thiazole rings is 1. The summed E-state index contributed by atoms with van der Waals surface area (Å²) in [6.45, 7) is 5.94. The van der Waals surface area contributed by atoms with Crippen molar-refractivity contribution in [3.63, 3.8) is 0 Å². The van der Waals surface area contributed by atoms with Crippen LogP contribution >= 0.6 is 22.9 Å². The Morgan fingerprint density at radius 1 is 1.16 bits per heavy atom. The van der Waals surface area contributed by atoms with Gasteiger partial charge in [-0.15, -0.1) is 0 Å². The predicted molar refractivity (Wildman–Crippen MR) is 157 cm³/mol. The number of carboxylic acid groups (broad SMARTS) is 1. The van der Waals surface area contributed by atoms with Gasteiger partial charge in [0.25, 0.3) is 0 Å². The van der Waals surface area contributed by atoms with Gasteiger partial charge >= 0.3 is 12.1 Å². The number of anilines is 3. The van der Waals surface area contributed by atoms with Crippen molar-refractivity contribution in [3.05, 3.63) is 45.8 Å². The summed E-state index contributed by atoms with van der Waals surface area (Å²) in [6.07, 6.45) is -0.255. The highest BCUT2D eigenvalue weighted by atomic mass is 35.5. The van der Waals surface area contributed by atoms with Crippen LogP contribution in [-0.2, 0) is 17.5 Å². The Labute approximate surface area is 255 Å². The number of aromatic nitrogens is 3. The molecule has 0 saturated carbocycles. The van der Waals surface area contributed by atoms with E-state index in [1.54, 1.807) is 4.90 Å². The van der Waals surface area contributed by atoms with Crippen LogP contribution in [0, 0.1) is 5.82 Å². The third-order valence-electron chi connectivity index (χ3n) is 7.82. The van der Waals surface area contributed by atoms with E-state index in [1.807, 2.05) is 4.90 Å². The average molecular weight is 642 g/mol. The molecule has 232 valence electrons. The number of likely N-dealkylation sites (tertiary alicyclic amines) is 1. The average Bonchev–Trinajstić information content (AvgIpc) is 3.59. The molecule has 4 heterocycles. The fourth-order valence-electron chi connectivity index (χ4n) is 5.58. The summed E-state index contributed by atoms with van der Waals surface area (Å²) in [6, 6.07) is 3.74. The standard InChI is InChI=1S/C28H32ClF4N7O2S/c1-2-20-4-3-6-40(20)15-21-24(17-12-18(28(31,32)33)14-19(29)13-17)36-27(43-21)37-25-23(30)26(35-16-34-25)39-10-8-38(9-11-39)7-5-22(41)42/h12-14,16,20H,2-11,15H2,1H3,(H,41,42)(H,34,35,36,37)/t20-/m1/s1. The summed E-state index contributed by atoms with van der Waals surface area (Å²) >= 11 is 7.35. The maximum Gasteiger partial charge on any atom is 0.416 e. The number of alkyl halides is 3. The van der Waals surface area contributed by atoms with E-state index in [2.05, 4.69) is 32.1 Å². The number of aliphatic carboxylic acids is 1. The Bertz CT molecular complexity index is 1450. The van der Waals surface area contributed by atoms with Gasteiger partial charge in [-0.2, -0.15) is 17.6 Å². The van der Waals surface area contributed by atoms with E-state index in [4.69, 9.17) is 16.7 Å². The van der Waals surface area contributed by atoms with E-state index in [-0.39, 0.29) is 33.8 Å². The normalized spacial score (nSPS) is 18.4. The van der Waals surface area contributed by atoms with E-state index >= 15 is 4.39 Å². The molecule has 0 aliphatic carbocycles. The molecule has 2 saturated heterocycles. The molecule has 2 aromatic heterocycles. The quantitative estimate of drug-likeness (QED) is 0.254. The van der Waals surface area contributed by atoms with Crippen LogP contribution in [0.1, 0.15) is 43.0 Å². The summed E-state index contributed by atoms with van der Waals surface area (Å²) in [4.78, 5) is 30.6. The first kappa shape index (κ1) is 31.4. The molecule has 9 nitrogen and oxygen atoms in total. The number of carboxylic acids is 1. The molecule has 2 fully saturated rings. The van der Waals surface area contributed by atoms with Crippen molar-refractivity contribution in [2.75, 3.05) is 49.5 Å². The Hall–Kier alpha value is -3.07. The molecule has 2 N–H and O–H groups in total. The molecule has 43 heavy (non-hydrogen) atoms. The Morgan fingerprint density at radius 2 is 1.93 bits per heavy atom. The van der Waals surface area contributed by atoms with E-state index < -0.39 is 23.5 Å². The highest BCUT2D eigenvalue weighted by molar-refractivity contribution is 7.16. The molecule has 1 atom stereocenters. The predicted octanol–water partition coefficient (Wildman–Crippen LogP) is 6.13. The van der Waals surface area contributed by atoms with Crippen LogP contribution in [0.25, 0.3) is 11.3 Å². The molecule has 5 rings (SSSR count). The number of piperazine rings is 1. The van der Waals surface area contributed by atoms with Crippen molar-refractivity contribution in [1.82, 2.24) is 24.8 Å². The molecule has 0 spiro atoms. The van der Waals surface area contributed by atoms with Crippen molar-refractivity contribution >= 4 is 45.7 Å². The summed E-state index contributed by atoms with van der Waals surface area (Å²) in [5.41, 5.74) is -0.281. The first-order chi connectivity index (χ1) is 20.5. The second kappa shape index (κ2) is 13.3. The SMILES string of the molecule is CC[C@@H]1CCCN1Cc1sc(Nc2ncnc(N3CCN(CCC(=O)O)CC3)c2F)nc1-c1cc(Cl)cc(C(F)(F)F)c1. The van der Waals surface area contributed by atoms with Gasteiger partial charge in [-0.3, -0.25) is 14.6 Å². The van der Waals surface area contributed by atoms with Gasteiger partial charge < -0.3 is 15.3 Å². The van der Waals surface area contributed by atoms with Gasteiger partial charge in [0.1, 0.15) is 6.33 Å². The molecular formula is C28H32ClF4N7O2S. The van der Waals surface area contributed by atoms with Crippen LogP contribution in [0.15, 0.2) is 24.5 Å². The molecule has 1 aromatic carbocycles. The number of halogens is 5. The third kappa shape index (κ3) is 7.54. The van der Waals surface area contributed by atoms with Gasteiger partial charge in [-0.1, -0.05) is 29.9 Å². The maximum absolute atomic E-state index is 15.7. The van der Waals surface area contributed by atoms with Crippen LogP contribution < -0.4 is 10.2 Å². The van der Waals surface area contributed by atoms with E-state index in [0.717, 1.165) is 42.8 Å². The lowest BCUT2D eigenvalue weighted by molar-refractivity contribution is -0.138. The van der Waals surface area contributed by atoms with Gasteiger partial charge in [-0.05, 0) is 44.0 Å². The minimum Gasteiger partial charge on any atom is -0.481 e. The van der Waals surface area contributed by atoms with Gasteiger partial charge in [0.05, 0.1) is 17.7 Å². The third-order valence-corrected chi connectivity index (χ3v) is 9.00. The fourth-order valence-corrected chi connectivity index (χ4v) is 6.83. The molecule has 15 heteroatoms. The number of benzene rings is 1. The van der Waals surface area contributed by atoms with Gasteiger partial charge in [-0.25, -0.2) is 15.0 Å². The zero-order chi connectivity index (χ0) is 30.7. The highest BCUT2D eigenvalue weighted by Gasteiger charge is 2.32. The molecule has 2 aliphatic heterocycles. The molecule has 3 aromatic rings. The van der Waals surface area contributed by atoms with Gasteiger partial charge in [0.15, 0.2) is 16.8 Å². The lowest BCUT2D eigenvalue weighted by Gasteiger charge is -2.35. The van der Waals surface area contributed by atoms with E-state index in [0.29, 0.717) is 51.0 Å². The summed E-state index contributed by atoms with van der Waals surface area (Å²) in [5, 5.41) is 12.1. The first-order valence-electron chi connectivity index (χ1n) is 14.1. The minimum absolute atomic E-state index is 0.0390. The largest absolute Gasteiger partial charge is 0.481 e. The Balaban J connectivity index is 1.41. The van der Waals surface area contributed by atoms with Crippen molar-refractivity contribution < 1.29 is 27.5 Å². The smallest absolute Gasteiger partial charge is 0.416 e. The first-order valence-corrected chi connectivity index (χ1v) is 15.3. The number of rotatable bonds is 10. The van der Waals surface area contributed by atoms with Gasteiger partial charge in [0, 0.05) is 60.8 Å². The second-order valence-corrected chi connectivity index (χ2v) is 12.2. The molecule has 2 aliphatic rings. The van der Waals surface area contributed by atoms with Crippen LogP contribution in [0.4, 0.5) is 34.3 Å². The highest BCUT2D eigenvalue weighted by Crippen LogP contribution is 2.40. The lowest BCUT2D eigenvalue weighted by atomic mass is 10.1. The monoisotopic (exact) mass is 641 g/mol. The molecule has 0 radical (unpaired) electrons. The summed E-state index contributed by atoms with van der Waals surface area (Å²) in [7, 11) is 0. The van der Waals surface area contributed by atoms with Crippen LogP contribution in [0.3, 0.4) is 0 Å². The molecular weight excluding hydrogens is 610 g/mol. The zero-order valence-electron chi connectivity index (χ0n) is 23.5. The van der Waals surface area contributed by atoms with Crippen LogP contribution in [0.2, 0.25) is 5.02 Å². The van der Waals surface area contributed by atoms with Crippen molar-refractivity contribution in [1.29, 1.82) is 0 Å². The Kier molecular flexibility index (Phi) is 9.69.